The van der Waals surface area contributed by atoms with E-state index in [-0.39, 0.29) is 30.6 Å². The molecule has 240 valence electrons. The number of hydrogen-bond donors (Lipinski definition) is 2. The van der Waals surface area contributed by atoms with Crippen LogP contribution in [0.2, 0.25) is 5.02 Å². The molecule has 1 aromatic heterocycles. The Morgan fingerprint density at radius 1 is 1.00 bits per heavy atom. The summed E-state index contributed by atoms with van der Waals surface area (Å²) in [6, 6.07) is 17.1. The molecular formula is C36H29ClF2N2O6. The van der Waals surface area contributed by atoms with Gasteiger partial charge in [-0.3, -0.25) is 4.79 Å². The van der Waals surface area contributed by atoms with E-state index in [2.05, 4.69) is 37.5 Å². The molecule has 47 heavy (non-hydrogen) atoms. The van der Waals surface area contributed by atoms with Gasteiger partial charge in [0.1, 0.15) is 13.2 Å². The Morgan fingerprint density at radius 2 is 1.77 bits per heavy atom. The van der Waals surface area contributed by atoms with Gasteiger partial charge in [-0.05, 0) is 47.9 Å². The molecule has 1 unspecified atom stereocenters. The van der Waals surface area contributed by atoms with Crippen LogP contribution in [0.25, 0.3) is 11.1 Å². The fourth-order valence-electron chi connectivity index (χ4n) is 4.51. The molecule has 0 radical (unpaired) electrons. The summed E-state index contributed by atoms with van der Waals surface area (Å²) in [4.78, 5) is 15.5. The lowest BCUT2D eigenvalue weighted by Gasteiger charge is -2.17. The number of nitrogens with one attached hydrogen (secondary N) is 2. The summed E-state index contributed by atoms with van der Waals surface area (Å²) in [5.41, 5.74) is 3.32. The van der Waals surface area contributed by atoms with E-state index in [0.29, 0.717) is 51.7 Å². The maximum absolute atomic E-state index is 13.0. The molecular weight excluding hydrogens is 630 g/mol. The van der Waals surface area contributed by atoms with Crippen molar-refractivity contribution >= 4 is 17.5 Å². The van der Waals surface area contributed by atoms with E-state index in [4.69, 9.17) is 45.1 Å². The molecule has 3 aromatic carbocycles. The number of halogens is 3. The molecule has 0 fully saturated rings. The third-order valence-electron chi connectivity index (χ3n) is 6.62. The second kappa shape index (κ2) is 16.1. The molecule has 2 N–H and O–H groups in total. The lowest BCUT2D eigenvalue weighted by Crippen LogP contribution is -2.32. The Kier molecular flexibility index (Phi) is 11.7. The van der Waals surface area contributed by atoms with Gasteiger partial charge >= 0.3 is 6.29 Å². The Morgan fingerprint density at radius 3 is 2.47 bits per heavy atom. The molecule has 0 aliphatic carbocycles. The summed E-state index contributed by atoms with van der Waals surface area (Å²) in [5, 5.41) is 3.45. The number of aromatic nitrogens is 1. The minimum atomic E-state index is -3.63. The van der Waals surface area contributed by atoms with Crippen molar-refractivity contribution in [3.05, 3.63) is 94.8 Å². The van der Waals surface area contributed by atoms with Crippen molar-refractivity contribution in [1.29, 1.82) is 0 Å². The van der Waals surface area contributed by atoms with Gasteiger partial charge in [0.2, 0.25) is 0 Å². The first-order valence-corrected chi connectivity index (χ1v) is 14.4. The van der Waals surface area contributed by atoms with Crippen LogP contribution in [0.15, 0.2) is 73.1 Å². The number of rotatable bonds is 11. The number of benzene rings is 3. The molecule has 2 heterocycles. The Balaban J connectivity index is 0.000000236. The second-order valence-corrected chi connectivity index (χ2v) is 10.1. The molecule has 0 saturated carbocycles. The van der Waals surface area contributed by atoms with Gasteiger partial charge in [-0.25, -0.2) is 0 Å². The Hall–Kier alpha value is -5.60. The first kappa shape index (κ1) is 34.3. The van der Waals surface area contributed by atoms with Gasteiger partial charge in [0.15, 0.2) is 29.1 Å². The smallest absolute Gasteiger partial charge is 0.493 e. The molecule has 1 aliphatic rings. The average Bonchev–Trinajstić information content (AvgIpc) is 3.67. The number of aromatic amines is 1. The zero-order valence-corrected chi connectivity index (χ0v) is 25.9. The lowest BCUT2D eigenvalue weighted by molar-refractivity contribution is -0.286. The highest BCUT2D eigenvalue weighted by atomic mass is 35.5. The monoisotopic (exact) mass is 658 g/mol. The second-order valence-electron chi connectivity index (χ2n) is 9.69. The average molecular weight is 659 g/mol. The number of amides is 1. The highest BCUT2D eigenvalue weighted by Gasteiger charge is 2.44. The minimum Gasteiger partial charge on any atom is -0.493 e. The van der Waals surface area contributed by atoms with Gasteiger partial charge < -0.3 is 34.0 Å². The summed E-state index contributed by atoms with van der Waals surface area (Å²) in [5.74, 6) is 8.15. The lowest BCUT2D eigenvalue weighted by atomic mass is 10.0. The first-order chi connectivity index (χ1) is 22.7. The fraction of sp³-hybridized carbons (Fsp3) is 0.194. The number of alkyl halides is 2. The van der Waals surface area contributed by atoms with Crippen LogP contribution in [0.5, 0.6) is 23.0 Å². The highest BCUT2D eigenvalue weighted by molar-refractivity contribution is 6.30. The third-order valence-corrected chi connectivity index (χ3v) is 6.87. The number of carbonyl (C=O) groups excluding carboxylic acids is 1. The fourth-order valence-corrected chi connectivity index (χ4v) is 4.63. The number of ether oxygens (including phenoxy) is 5. The van der Waals surface area contributed by atoms with E-state index >= 15 is 0 Å². The number of para-hydroxylation sites is 1. The van der Waals surface area contributed by atoms with Crippen LogP contribution < -0.4 is 24.3 Å². The SMILES string of the molecule is C#CCOc1ccc(CCNC(=O)C(OCC#C)c2ccc(Cl)cc2)cc1OC.C#Cc1c[nH]cc1-c1cccc2c1OC(F)(F)O2. The van der Waals surface area contributed by atoms with Crippen LogP contribution in [0.1, 0.15) is 22.8 Å². The largest absolute Gasteiger partial charge is 0.586 e. The number of methoxy groups -OCH3 is 1. The summed E-state index contributed by atoms with van der Waals surface area (Å²) >= 11 is 5.91. The van der Waals surface area contributed by atoms with Crippen molar-refractivity contribution in [2.24, 2.45) is 0 Å². The maximum atomic E-state index is 13.0. The van der Waals surface area contributed by atoms with Crippen molar-refractivity contribution in [3.8, 4) is 71.2 Å². The Labute approximate surface area is 276 Å². The Bertz CT molecular complexity index is 1820. The number of fused-ring (bicyclic) bond motifs is 1. The molecule has 1 amide bonds. The molecule has 8 nitrogen and oxygen atoms in total. The van der Waals surface area contributed by atoms with Crippen LogP contribution in [0.3, 0.4) is 0 Å². The van der Waals surface area contributed by atoms with Crippen LogP contribution in [-0.2, 0) is 16.0 Å². The van der Waals surface area contributed by atoms with E-state index in [1.165, 1.54) is 6.07 Å². The van der Waals surface area contributed by atoms with Crippen LogP contribution in [0.4, 0.5) is 8.78 Å². The zero-order valence-electron chi connectivity index (χ0n) is 25.1. The van der Waals surface area contributed by atoms with Gasteiger partial charge in [-0.1, -0.05) is 59.7 Å². The maximum Gasteiger partial charge on any atom is 0.586 e. The molecule has 1 atom stereocenters. The normalized spacial score (nSPS) is 12.7. The van der Waals surface area contributed by atoms with Crippen LogP contribution >= 0.6 is 11.6 Å². The van der Waals surface area contributed by atoms with E-state index in [1.54, 1.807) is 62.0 Å². The first-order valence-electron chi connectivity index (χ1n) is 14.0. The summed E-state index contributed by atoms with van der Waals surface area (Å²) in [6.07, 6.45) is 15.2. The van der Waals surface area contributed by atoms with Gasteiger partial charge in [-0.15, -0.1) is 28.1 Å². The third kappa shape index (κ3) is 8.99. The van der Waals surface area contributed by atoms with Crippen LogP contribution in [0, 0.1) is 37.0 Å². The van der Waals surface area contributed by atoms with Gasteiger partial charge in [-0.2, -0.15) is 0 Å². The predicted octanol–water partition coefficient (Wildman–Crippen LogP) is 6.39. The molecule has 1 aliphatic heterocycles. The summed E-state index contributed by atoms with van der Waals surface area (Å²) in [6.45, 7) is 0.600. The van der Waals surface area contributed by atoms with Gasteiger partial charge in [0, 0.05) is 40.7 Å². The highest BCUT2D eigenvalue weighted by Crippen LogP contribution is 2.47. The molecule has 4 aromatic rings. The number of terminal acetylenes is 3. The van der Waals surface area contributed by atoms with Crippen molar-refractivity contribution in [2.45, 2.75) is 18.8 Å². The molecule has 0 saturated heterocycles. The van der Waals surface area contributed by atoms with Gasteiger partial charge in [0.05, 0.1) is 7.11 Å². The van der Waals surface area contributed by atoms with Gasteiger partial charge in [0.25, 0.3) is 5.91 Å². The summed E-state index contributed by atoms with van der Waals surface area (Å²) < 4.78 is 51.3. The zero-order chi connectivity index (χ0) is 33.8. The van der Waals surface area contributed by atoms with Crippen molar-refractivity contribution in [3.63, 3.8) is 0 Å². The van der Waals surface area contributed by atoms with Crippen molar-refractivity contribution in [1.82, 2.24) is 10.3 Å². The minimum absolute atomic E-state index is 0.00130. The van der Waals surface area contributed by atoms with Crippen molar-refractivity contribution < 1.29 is 37.3 Å². The number of carbonyl (C=O) groups is 1. The molecule has 11 heteroatoms. The topological polar surface area (TPSA) is 91.0 Å². The summed E-state index contributed by atoms with van der Waals surface area (Å²) in [7, 11) is 1.56. The number of hydrogen-bond acceptors (Lipinski definition) is 6. The molecule has 0 bridgehead atoms. The molecule has 0 spiro atoms. The van der Waals surface area contributed by atoms with Crippen LogP contribution in [-0.4, -0.2) is 44.1 Å². The van der Waals surface area contributed by atoms with E-state index in [9.17, 15) is 13.6 Å². The van der Waals surface area contributed by atoms with E-state index in [1.807, 2.05) is 12.1 Å². The predicted molar refractivity (Wildman–Crippen MR) is 173 cm³/mol. The number of H-pyrrole nitrogens is 1. The standard InChI is InChI=1S/C23H22ClNO4.C13H7F2NO2/c1-4-14-28-20-11-6-17(16-21(20)27-3)12-13-25-23(26)22(29-15-5-2)18-7-9-19(24)10-8-18;1-2-8-6-16-7-10(8)9-4-3-5-11-12(9)18-13(14,15)17-11/h1-2,6-11,16,22H,12-15H2,3H3,(H,25,26);1,3-7,16H. The quantitative estimate of drug-likeness (QED) is 0.182. The van der Waals surface area contributed by atoms with E-state index in [0.717, 1.165) is 5.56 Å². The van der Waals surface area contributed by atoms with E-state index < -0.39 is 12.4 Å². The molecule has 5 rings (SSSR count). The van der Waals surface area contributed by atoms with Crippen molar-refractivity contribution in [2.75, 3.05) is 26.9 Å².